The Labute approximate surface area is 127 Å². The predicted octanol–water partition coefficient (Wildman–Crippen LogP) is 2.75. The molecule has 2 rings (SSSR count). The second kappa shape index (κ2) is 7.62. The topological polar surface area (TPSA) is 45.6 Å². The Balaban J connectivity index is 1.74. The van der Waals surface area contributed by atoms with E-state index in [1.165, 1.54) is 0 Å². The van der Waals surface area contributed by atoms with E-state index in [-0.39, 0.29) is 0 Å². The Hall–Kier alpha value is -1.92. The highest BCUT2D eigenvalue weighted by Crippen LogP contribution is 2.10. The van der Waals surface area contributed by atoms with E-state index in [1.807, 2.05) is 41.8 Å². The highest BCUT2D eigenvalue weighted by atomic mass is 32.1. The molecule has 4 nitrogen and oxygen atoms in total. The van der Waals surface area contributed by atoms with E-state index in [9.17, 15) is 0 Å². The molecule has 0 radical (unpaired) electrons. The summed E-state index contributed by atoms with van der Waals surface area (Å²) in [6.07, 6.45) is 1.74. The fourth-order valence-electron chi connectivity index (χ4n) is 1.48. The van der Waals surface area contributed by atoms with Crippen LogP contribution in [-0.2, 0) is 6.54 Å². The minimum atomic E-state index is 0.494. The van der Waals surface area contributed by atoms with Crippen LogP contribution in [0.1, 0.15) is 10.4 Å². The van der Waals surface area contributed by atoms with Crippen LogP contribution in [0.5, 0.6) is 5.75 Å². The third-order valence-corrected chi connectivity index (χ3v) is 3.56. The zero-order chi connectivity index (χ0) is 14.2. The average Bonchev–Trinajstić information content (AvgIpc) is 2.99. The van der Waals surface area contributed by atoms with Crippen LogP contribution in [0.4, 0.5) is 0 Å². The Morgan fingerprint density at radius 2 is 2.15 bits per heavy atom. The predicted molar refractivity (Wildman–Crippen MR) is 87.5 cm³/mol. The number of hydrazone groups is 1. The molecule has 0 bridgehead atoms. The molecule has 1 aromatic carbocycles. The molecule has 0 atom stereocenters. The monoisotopic (exact) mass is 305 g/mol. The maximum Gasteiger partial charge on any atom is 0.187 e. The first-order chi connectivity index (χ1) is 9.78. The van der Waals surface area contributed by atoms with Crippen LogP contribution in [0.25, 0.3) is 0 Å². The molecule has 0 aliphatic heterocycles. The molecule has 0 fully saturated rings. The van der Waals surface area contributed by atoms with Gasteiger partial charge in [-0.3, -0.25) is 5.43 Å². The van der Waals surface area contributed by atoms with E-state index in [4.69, 9.17) is 17.0 Å². The number of rotatable bonds is 5. The summed E-state index contributed by atoms with van der Waals surface area (Å²) in [5.74, 6) is 0.843. The summed E-state index contributed by atoms with van der Waals surface area (Å²) in [5, 5.41) is 9.65. The summed E-state index contributed by atoms with van der Waals surface area (Å²) in [6, 6.07) is 11.8. The Bertz CT molecular complexity index is 565. The van der Waals surface area contributed by atoms with Crippen molar-refractivity contribution in [2.24, 2.45) is 5.10 Å². The van der Waals surface area contributed by atoms with Gasteiger partial charge in [0, 0.05) is 11.4 Å². The molecule has 0 amide bonds. The molecule has 2 N–H and O–H groups in total. The largest absolute Gasteiger partial charge is 0.497 e. The first-order valence-corrected chi connectivity index (χ1v) is 7.30. The summed E-state index contributed by atoms with van der Waals surface area (Å²) < 4.78 is 5.11. The number of ether oxygens (including phenoxy) is 1. The third-order valence-electron chi connectivity index (χ3n) is 2.51. The van der Waals surface area contributed by atoms with Crippen LogP contribution in [0.2, 0.25) is 0 Å². The number of thiocarbonyl (C=S) groups is 1. The first-order valence-electron chi connectivity index (χ1n) is 6.01. The standard InChI is InChI=1S/C14H15N3OS2/c1-18-12-6-4-11(5-7-12)9-15-14(19)17-16-10-13-3-2-8-20-13/h2-8,10H,9H2,1H3,(H2,15,17,19)/b16-10-. The summed E-state index contributed by atoms with van der Waals surface area (Å²) in [6.45, 7) is 0.643. The van der Waals surface area contributed by atoms with Gasteiger partial charge in [0.05, 0.1) is 13.3 Å². The molecule has 0 saturated heterocycles. The number of methoxy groups -OCH3 is 1. The van der Waals surface area contributed by atoms with Crippen molar-refractivity contribution in [1.29, 1.82) is 0 Å². The van der Waals surface area contributed by atoms with Gasteiger partial charge in [-0.15, -0.1) is 11.3 Å². The molecule has 6 heteroatoms. The lowest BCUT2D eigenvalue weighted by Gasteiger charge is -2.07. The fourth-order valence-corrected chi connectivity index (χ4v) is 2.19. The van der Waals surface area contributed by atoms with Crippen LogP contribution >= 0.6 is 23.6 Å². The molecule has 0 aliphatic carbocycles. The normalized spacial score (nSPS) is 10.4. The highest BCUT2D eigenvalue weighted by Gasteiger charge is 1.96. The van der Waals surface area contributed by atoms with Gasteiger partial charge in [-0.05, 0) is 41.4 Å². The maximum absolute atomic E-state index is 5.14. The van der Waals surface area contributed by atoms with E-state index < -0.39 is 0 Å². The van der Waals surface area contributed by atoms with Gasteiger partial charge in [0.15, 0.2) is 5.11 Å². The quantitative estimate of drug-likeness (QED) is 0.506. The lowest BCUT2D eigenvalue weighted by Crippen LogP contribution is -2.31. The Morgan fingerprint density at radius 1 is 1.35 bits per heavy atom. The molecule has 0 aliphatic rings. The molecular weight excluding hydrogens is 290 g/mol. The lowest BCUT2D eigenvalue weighted by atomic mass is 10.2. The molecule has 0 unspecified atom stereocenters. The lowest BCUT2D eigenvalue weighted by molar-refractivity contribution is 0.414. The van der Waals surface area contributed by atoms with Crippen molar-refractivity contribution >= 4 is 34.9 Å². The van der Waals surface area contributed by atoms with Gasteiger partial charge in [-0.2, -0.15) is 5.10 Å². The van der Waals surface area contributed by atoms with E-state index in [2.05, 4.69) is 15.8 Å². The molecule has 20 heavy (non-hydrogen) atoms. The van der Waals surface area contributed by atoms with Crippen LogP contribution in [-0.4, -0.2) is 18.4 Å². The molecule has 0 saturated carbocycles. The van der Waals surface area contributed by atoms with E-state index in [0.29, 0.717) is 11.7 Å². The summed E-state index contributed by atoms with van der Waals surface area (Å²) >= 11 is 6.76. The molecule has 2 aromatic rings. The molecular formula is C14H15N3OS2. The Kier molecular flexibility index (Phi) is 5.52. The SMILES string of the molecule is COc1ccc(CNC(=S)N/N=C\c2cccs2)cc1. The highest BCUT2D eigenvalue weighted by molar-refractivity contribution is 7.80. The van der Waals surface area contributed by atoms with Gasteiger partial charge in [-0.25, -0.2) is 0 Å². The summed E-state index contributed by atoms with van der Waals surface area (Å²) in [5.41, 5.74) is 3.91. The van der Waals surface area contributed by atoms with Crippen molar-refractivity contribution in [3.8, 4) is 5.75 Å². The molecule has 0 spiro atoms. The van der Waals surface area contributed by atoms with Gasteiger partial charge >= 0.3 is 0 Å². The summed E-state index contributed by atoms with van der Waals surface area (Å²) in [4.78, 5) is 1.08. The smallest absolute Gasteiger partial charge is 0.187 e. The number of thiophene rings is 1. The molecule has 1 heterocycles. The fraction of sp³-hybridized carbons (Fsp3) is 0.143. The van der Waals surface area contributed by atoms with Gasteiger partial charge in [-0.1, -0.05) is 18.2 Å². The Morgan fingerprint density at radius 3 is 2.80 bits per heavy atom. The second-order valence-corrected chi connectivity index (χ2v) is 5.30. The van der Waals surface area contributed by atoms with Crippen molar-refractivity contribution in [3.63, 3.8) is 0 Å². The van der Waals surface area contributed by atoms with E-state index >= 15 is 0 Å². The van der Waals surface area contributed by atoms with Crippen molar-refractivity contribution in [3.05, 3.63) is 52.2 Å². The number of nitrogens with zero attached hydrogens (tertiary/aromatic N) is 1. The van der Waals surface area contributed by atoms with E-state index in [0.717, 1.165) is 16.2 Å². The van der Waals surface area contributed by atoms with Gasteiger partial charge in [0.2, 0.25) is 0 Å². The molecule has 104 valence electrons. The second-order valence-electron chi connectivity index (χ2n) is 3.92. The number of hydrogen-bond donors (Lipinski definition) is 2. The zero-order valence-corrected chi connectivity index (χ0v) is 12.6. The first kappa shape index (κ1) is 14.5. The number of benzene rings is 1. The average molecular weight is 305 g/mol. The van der Waals surface area contributed by atoms with Crippen molar-refractivity contribution in [1.82, 2.24) is 10.7 Å². The van der Waals surface area contributed by atoms with Crippen LogP contribution in [0.15, 0.2) is 46.9 Å². The van der Waals surface area contributed by atoms with Crippen molar-refractivity contribution in [2.45, 2.75) is 6.54 Å². The van der Waals surface area contributed by atoms with Crippen LogP contribution in [0.3, 0.4) is 0 Å². The maximum atomic E-state index is 5.14. The number of nitrogens with one attached hydrogen (secondary N) is 2. The van der Waals surface area contributed by atoms with Gasteiger partial charge < -0.3 is 10.1 Å². The van der Waals surface area contributed by atoms with Crippen LogP contribution in [0, 0.1) is 0 Å². The summed E-state index contributed by atoms with van der Waals surface area (Å²) in [7, 11) is 1.65. The van der Waals surface area contributed by atoms with Crippen molar-refractivity contribution < 1.29 is 4.74 Å². The third kappa shape index (κ3) is 4.64. The molecule has 1 aromatic heterocycles. The number of hydrogen-bond acceptors (Lipinski definition) is 4. The zero-order valence-electron chi connectivity index (χ0n) is 11.0. The van der Waals surface area contributed by atoms with Gasteiger partial charge in [0.1, 0.15) is 5.75 Å². The van der Waals surface area contributed by atoms with E-state index in [1.54, 1.807) is 24.7 Å². The minimum absolute atomic E-state index is 0.494. The van der Waals surface area contributed by atoms with Gasteiger partial charge in [0.25, 0.3) is 0 Å². The minimum Gasteiger partial charge on any atom is -0.497 e. The van der Waals surface area contributed by atoms with Crippen molar-refractivity contribution in [2.75, 3.05) is 7.11 Å². The van der Waals surface area contributed by atoms with Crippen LogP contribution < -0.4 is 15.5 Å².